The van der Waals surface area contributed by atoms with Crippen molar-refractivity contribution in [2.75, 3.05) is 13.1 Å². The van der Waals surface area contributed by atoms with E-state index >= 15 is 0 Å². The van der Waals surface area contributed by atoms with Gasteiger partial charge in [-0.3, -0.25) is 9.59 Å². The SMILES string of the molecule is CCN(CC)C(=O)C(NC(=O)c1csnc1C)c1ccccc1. The molecule has 23 heavy (non-hydrogen) atoms. The Labute approximate surface area is 140 Å². The molecule has 0 radical (unpaired) electrons. The van der Waals surface area contributed by atoms with Gasteiger partial charge in [-0.1, -0.05) is 30.3 Å². The van der Waals surface area contributed by atoms with E-state index in [9.17, 15) is 9.59 Å². The number of carbonyl (C=O) groups excluding carboxylic acids is 2. The van der Waals surface area contributed by atoms with Gasteiger partial charge in [-0.05, 0) is 37.9 Å². The molecule has 0 aliphatic carbocycles. The Morgan fingerprint density at radius 2 is 1.87 bits per heavy atom. The number of benzene rings is 1. The van der Waals surface area contributed by atoms with E-state index in [2.05, 4.69) is 9.69 Å². The van der Waals surface area contributed by atoms with E-state index in [-0.39, 0.29) is 11.8 Å². The Hall–Kier alpha value is -2.21. The second-order valence-electron chi connectivity index (χ2n) is 5.14. The lowest BCUT2D eigenvalue weighted by Gasteiger charge is -2.26. The molecule has 2 amide bonds. The number of aryl methyl sites for hydroxylation is 1. The minimum Gasteiger partial charge on any atom is -0.341 e. The summed E-state index contributed by atoms with van der Waals surface area (Å²) in [6.07, 6.45) is 0. The van der Waals surface area contributed by atoms with Gasteiger partial charge in [0.05, 0.1) is 11.3 Å². The molecule has 0 bridgehead atoms. The highest BCUT2D eigenvalue weighted by Gasteiger charge is 2.27. The van der Waals surface area contributed by atoms with Gasteiger partial charge in [0.25, 0.3) is 5.91 Å². The first-order chi connectivity index (χ1) is 11.1. The molecule has 5 nitrogen and oxygen atoms in total. The number of hydrogen-bond acceptors (Lipinski definition) is 4. The van der Waals surface area contributed by atoms with Crippen LogP contribution in [0.25, 0.3) is 0 Å². The summed E-state index contributed by atoms with van der Waals surface area (Å²) in [5, 5.41) is 4.56. The predicted molar refractivity (Wildman–Crippen MR) is 91.4 cm³/mol. The maximum atomic E-state index is 12.8. The first-order valence-electron chi connectivity index (χ1n) is 7.64. The Morgan fingerprint density at radius 3 is 2.39 bits per heavy atom. The van der Waals surface area contributed by atoms with Crippen molar-refractivity contribution in [1.82, 2.24) is 14.6 Å². The minimum atomic E-state index is -0.692. The van der Waals surface area contributed by atoms with Crippen LogP contribution in [-0.4, -0.2) is 34.2 Å². The highest BCUT2D eigenvalue weighted by Crippen LogP contribution is 2.18. The van der Waals surface area contributed by atoms with E-state index < -0.39 is 6.04 Å². The molecule has 0 saturated carbocycles. The van der Waals surface area contributed by atoms with Gasteiger partial charge in [0.1, 0.15) is 6.04 Å². The highest BCUT2D eigenvalue weighted by atomic mass is 32.1. The minimum absolute atomic E-state index is 0.101. The first-order valence-corrected chi connectivity index (χ1v) is 8.47. The third-order valence-electron chi connectivity index (χ3n) is 3.73. The molecule has 2 rings (SSSR count). The van der Waals surface area contributed by atoms with Crippen LogP contribution in [0.2, 0.25) is 0 Å². The van der Waals surface area contributed by atoms with Crippen molar-refractivity contribution in [3.05, 3.63) is 52.5 Å². The number of amides is 2. The monoisotopic (exact) mass is 331 g/mol. The van der Waals surface area contributed by atoms with Gasteiger partial charge < -0.3 is 10.2 Å². The van der Waals surface area contributed by atoms with Crippen LogP contribution < -0.4 is 5.32 Å². The fourth-order valence-corrected chi connectivity index (χ4v) is 3.06. The summed E-state index contributed by atoms with van der Waals surface area (Å²) in [4.78, 5) is 27.0. The van der Waals surface area contributed by atoms with Crippen LogP contribution in [0.5, 0.6) is 0 Å². The molecule has 0 aliphatic heterocycles. The maximum Gasteiger partial charge on any atom is 0.254 e. The van der Waals surface area contributed by atoms with E-state index in [1.807, 2.05) is 44.2 Å². The van der Waals surface area contributed by atoms with E-state index in [0.29, 0.717) is 24.3 Å². The topological polar surface area (TPSA) is 62.3 Å². The number of carbonyl (C=O) groups is 2. The average Bonchev–Trinajstić information content (AvgIpc) is 3.00. The molecule has 2 aromatic rings. The third kappa shape index (κ3) is 3.96. The van der Waals surface area contributed by atoms with Crippen LogP contribution in [0, 0.1) is 6.92 Å². The Kier molecular flexibility index (Phi) is 5.87. The summed E-state index contributed by atoms with van der Waals surface area (Å²) in [5.41, 5.74) is 1.97. The van der Waals surface area contributed by atoms with Crippen molar-refractivity contribution < 1.29 is 9.59 Å². The summed E-state index contributed by atoms with van der Waals surface area (Å²) in [6, 6.07) is 8.62. The third-order valence-corrected chi connectivity index (χ3v) is 4.45. The molecule has 1 aromatic heterocycles. The molecule has 122 valence electrons. The summed E-state index contributed by atoms with van der Waals surface area (Å²) in [6.45, 7) is 6.85. The van der Waals surface area contributed by atoms with E-state index in [0.717, 1.165) is 5.56 Å². The zero-order valence-corrected chi connectivity index (χ0v) is 14.4. The molecule has 6 heteroatoms. The number of nitrogens with one attached hydrogen (secondary N) is 1. The number of rotatable bonds is 6. The van der Waals surface area contributed by atoms with Crippen LogP contribution in [0.1, 0.15) is 41.5 Å². The van der Waals surface area contributed by atoms with Crippen LogP contribution in [0.4, 0.5) is 0 Å². The molecule has 0 fully saturated rings. The molecule has 1 aromatic carbocycles. The normalized spacial score (nSPS) is 11.8. The Morgan fingerprint density at radius 1 is 1.22 bits per heavy atom. The second-order valence-corrected chi connectivity index (χ2v) is 5.77. The van der Waals surface area contributed by atoms with Crippen LogP contribution in [0.15, 0.2) is 35.7 Å². The smallest absolute Gasteiger partial charge is 0.254 e. The van der Waals surface area contributed by atoms with Gasteiger partial charge in [-0.25, -0.2) is 0 Å². The van der Waals surface area contributed by atoms with Gasteiger partial charge in [0.2, 0.25) is 5.91 Å². The van der Waals surface area contributed by atoms with Crippen LogP contribution in [0.3, 0.4) is 0 Å². The van der Waals surface area contributed by atoms with E-state index in [1.165, 1.54) is 11.5 Å². The van der Waals surface area contributed by atoms with Gasteiger partial charge in [-0.15, -0.1) is 0 Å². The molecule has 1 unspecified atom stereocenters. The summed E-state index contributed by atoms with van der Waals surface area (Å²) < 4.78 is 4.12. The maximum absolute atomic E-state index is 12.8. The van der Waals surface area contributed by atoms with Crippen molar-refractivity contribution >= 4 is 23.3 Å². The molecule has 0 spiro atoms. The lowest BCUT2D eigenvalue weighted by atomic mass is 10.0. The van der Waals surface area contributed by atoms with Gasteiger partial charge in [-0.2, -0.15) is 4.37 Å². The fourth-order valence-electron chi connectivity index (χ4n) is 2.37. The van der Waals surface area contributed by atoms with Gasteiger partial charge in [0.15, 0.2) is 0 Å². The van der Waals surface area contributed by atoms with Crippen molar-refractivity contribution in [3.63, 3.8) is 0 Å². The summed E-state index contributed by atoms with van der Waals surface area (Å²) >= 11 is 1.23. The molecule has 0 aliphatic rings. The van der Waals surface area contributed by atoms with Crippen molar-refractivity contribution in [2.45, 2.75) is 26.8 Å². The number of nitrogens with zero attached hydrogens (tertiary/aromatic N) is 2. The molecular formula is C17H21N3O2S. The standard InChI is InChI=1S/C17H21N3O2S/c1-4-20(5-2)17(22)15(13-9-7-6-8-10-13)18-16(21)14-11-23-19-12(14)3/h6-11,15H,4-5H2,1-3H3,(H,18,21). The lowest BCUT2D eigenvalue weighted by molar-refractivity contribution is -0.133. The van der Waals surface area contributed by atoms with Gasteiger partial charge in [0, 0.05) is 18.5 Å². The van der Waals surface area contributed by atoms with Crippen LogP contribution in [-0.2, 0) is 4.79 Å². The number of likely N-dealkylation sites (N-methyl/N-ethyl adjacent to an activating group) is 1. The lowest BCUT2D eigenvalue weighted by Crippen LogP contribution is -2.43. The van der Waals surface area contributed by atoms with Crippen molar-refractivity contribution in [3.8, 4) is 0 Å². The predicted octanol–water partition coefficient (Wildman–Crippen LogP) is 2.79. The van der Waals surface area contributed by atoms with E-state index in [4.69, 9.17) is 0 Å². The molecule has 1 heterocycles. The summed E-state index contributed by atoms with van der Waals surface area (Å²) in [5.74, 6) is -0.374. The molecule has 1 N–H and O–H groups in total. The Balaban J connectivity index is 2.29. The molecular weight excluding hydrogens is 310 g/mol. The van der Waals surface area contributed by atoms with E-state index in [1.54, 1.807) is 17.2 Å². The molecule has 0 saturated heterocycles. The van der Waals surface area contributed by atoms with Crippen molar-refractivity contribution in [1.29, 1.82) is 0 Å². The molecule has 1 atom stereocenters. The average molecular weight is 331 g/mol. The van der Waals surface area contributed by atoms with Gasteiger partial charge >= 0.3 is 0 Å². The van der Waals surface area contributed by atoms with Crippen molar-refractivity contribution in [2.24, 2.45) is 0 Å². The fraction of sp³-hybridized carbons (Fsp3) is 0.353. The summed E-state index contributed by atoms with van der Waals surface area (Å²) in [7, 11) is 0. The largest absolute Gasteiger partial charge is 0.341 e. The zero-order chi connectivity index (χ0) is 16.8. The number of hydrogen-bond donors (Lipinski definition) is 1. The Bertz CT molecular complexity index is 665. The second kappa shape index (κ2) is 7.87. The quantitative estimate of drug-likeness (QED) is 0.885. The number of aromatic nitrogens is 1. The first kappa shape index (κ1) is 17.1. The zero-order valence-electron chi connectivity index (χ0n) is 13.6. The highest BCUT2D eigenvalue weighted by molar-refractivity contribution is 7.03. The van der Waals surface area contributed by atoms with Crippen LogP contribution >= 0.6 is 11.5 Å².